The highest BCUT2D eigenvalue weighted by Crippen LogP contribution is 2.16. The van der Waals surface area contributed by atoms with Crippen LogP contribution in [0.1, 0.15) is 45.1 Å². The van der Waals surface area contributed by atoms with Crippen molar-refractivity contribution in [2.24, 2.45) is 0 Å². The number of nitrogens with zero attached hydrogens (tertiary/aromatic N) is 1. The second kappa shape index (κ2) is 4.32. The van der Waals surface area contributed by atoms with E-state index >= 15 is 0 Å². The average molecular weight is 222 g/mol. The maximum absolute atomic E-state index is 12.0. The molecule has 0 aliphatic rings. The average Bonchev–Trinajstić information content (AvgIpc) is 2.42. The van der Waals surface area contributed by atoms with Gasteiger partial charge in [0.2, 0.25) is 5.91 Å². The first-order valence-electron chi connectivity index (χ1n) is 5.69. The SMILES string of the molecule is Cc1ccc(C)n1C(C)C(=O)NC(C)(C)C. The van der Waals surface area contributed by atoms with Gasteiger partial charge in [-0.3, -0.25) is 4.79 Å². The van der Waals surface area contributed by atoms with Crippen LogP contribution >= 0.6 is 0 Å². The fraction of sp³-hybridized carbons (Fsp3) is 0.615. The molecule has 16 heavy (non-hydrogen) atoms. The smallest absolute Gasteiger partial charge is 0.243 e. The van der Waals surface area contributed by atoms with E-state index in [0.29, 0.717) is 0 Å². The van der Waals surface area contributed by atoms with E-state index in [1.807, 2.05) is 53.7 Å². The highest BCUT2D eigenvalue weighted by molar-refractivity contribution is 5.80. The lowest BCUT2D eigenvalue weighted by molar-refractivity contribution is -0.125. The molecule has 1 atom stereocenters. The van der Waals surface area contributed by atoms with Crippen LogP contribution < -0.4 is 5.32 Å². The monoisotopic (exact) mass is 222 g/mol. The molecule has 3 heteroatoms. The van der Waals surface area contributed by atoms with Gasteiger partial charge in [-0.05, 0) is 53.7 Å². The third kappa shape index (κ3) is 2.87. The standard InChI is InChI=1S/C13H22N2O/c1-9-7-8-10(2)15(9)11(3)12(16)14-13(4,5)6/h7-8,11H,1-6H3,(H,14,16). The van der Waals surface area contributed by atoms with E-state index in [9.17, 15) is 4.79 Å². The lowest BCUT2D eigenvalue weighted by atomic mass is 10.1. The van der Waals surface area contributed by atoms with Crippen molar-refractivity contribution < 1.29 is 4.79 Å². The zero-order chi connectivity index (χ0) is 12.5. The van der Waals surface area contributed by atoms with E-state index in [0.717, 1.165) is 11.4 Å². The second-order valence-electron chi connectivity index (χ2n) is 5.40. The highest BCUT2D eigenvalue weighted by Gasteiger charge is 2.21. The molecule has 0 radical (unpaired) electrons. The Kier molecular flexibility index (Phi) is 3.46. The molecule has 0 aliphatic heterocycles. The van der Waals surface area contributed by atoms with Crippen molar-refractivity contribution in [1.82, 2.24) is 9.88 Å². The van der Waals surface area contributed by atoms with E-state index in [1.54, 1.807) is 0 Å². The Morgan fingerprint density at radius 3 is 2.06 bits per heavy atom. The Bertz CT molecular complexity index is 366. The van der Waals surface area contributed by atoms with Crippen LogP contribution in [0.3, 0.4) is 0 Å². The van der Waals surface area contributed by atoms with Crippen molar-refractivity contribution >= 4 is 5.91 Å². The Morgan fingerprint density at radius 2 is 1.69 bits per heavy atom. The van der Waals surface area contributed by atoms with Crippen molar-refractivity contribution in [3.63, 3.8) is 0 Å². The lowest BCUT2D eigenvalue weighted by Gasteiger charge is -2.25. The van der Waals surface area contributed by atoms with Crippen LogP contribution in [-0.4, -0.2) is 16.0 Å². The molecule has 3 nitrogen and oxygen atoms in total. The summed E-state index contributed by atoms with van der Waals surface area (Å²) < 4.78 is 2.06. The van der Waals surface area contributed by atoms with Crippen molar-refractivity contribution in [3.8, 4) is 0 Å². The third-order valence-corrected chi connectivity index (χ3v) is 2.59. The number of carbonyl (C=O) groups excluding carboxylic acids is 1. The van der Waals surface area contributed by atoms with E-state index in [4.69, 9.17) is 0 Å². The molecule has 1 aromatic heterocycles. The number of amides is 1. The summed E-state index contributed by atoms with van der Waals surface area (Å²) in [5.41, 5.74) is 2.06. The molecule has 1 amide bonds. The molecule has 1 heterocycles. The van der Waals surface area contributed by atoms with E-state index in [2.05, 4.69) is 9.88 Å². The van der Waals surface area contributed by atoms with Gasteiger partial charge in [0.25, 0.3) is 0 Å². The number of carbonyl (C=O) groups is 1. The summed E-state index contributed by atoms with van der Waals surface area (Å²) in [5.74, 6) is 0.0647. The minimum Gasteiger partial charge on any atom is -0.350 e. The predicted octanol–water partition coefficient (Wildman–Crippen LogP) is 2.58. The number of hydrogen-bond donors (Lipinski definition) is 1. The predicted molar refractivity (Wildman–Crippen MR) is 66.5 cm³/mol. The molecule has 1 unspecified atom stereocenters. The number of hydrogen-bond acceptors (Lipinski definition) is 1. The quantitative estimate of drug-likeness (QED) is 0.820. The maximum Gasteiger partial charge on any atom is 0.243 e. The molecule has 0 fully saturated rings. The molecular formula is C13H22N2O. The van der Waals surface area contributed by atoms with Gasteiger partial charge in [0.15, 0.2) is 0 Å². The minimum absolute atomic E-state index is 0.0647. The Hall–Kier alpha value is -1.25. The minimum atomic E-state index is -0.180. The van der Waals surface area contributed by atoms with Gasteiger partial charge in [0.1, 0.15) is 6.04 Å². The summed E-state index contributed by atoms with van der Waals surface area (Å²) >= 11 is 0. The summed E-state index contributed by atoms with van der Waals surface area (Å²) in [5, 5.41) is 3.00. The van der Waals surface area contributed by atoms with Crippen LogP contribution in [0.15, 0.2) is 12.1 Å². The van der Waals surface area contributed by atoms with E-state index in [-0.39, 0.29) is 17.5 Å². The summed E-state index contributed by atoms with van der Waals surface area (Å²) in [4.78, 5) is 12.0. The first-order chi connectivity index (χ1) is 7.22. The Labute approximate surface area is 97.8 Å². The largest absolute Gasteiger partial charge is 0.350 e. The lowest BCUT2D eigenvalue weighted by Crippen LogP contribution is -2.44. The number of aromatic nitrogens is 1. The van der Waals surface area contributed by atoms with Crippen LogP contribution in [0.4, 0.5) is 0 Å². The van der Waals surface area contributed by atoms with Gasteiger partial charge >= 0.3 is 0 Å². The molecule has 0 aliphatic carbocycles. The van der Waals surface area contributed by atoms with Gasteiger partial charge < -0.3 is 9.88 Å². The van der Waals surface area contributed by atoms with Gasteiger partial charge in [-0.1, -0.05) is 0 Å². The van der Waals surface area contributed by atoms with Crippen molar-refractivity contribution in [1.29, 1.82) is 0 Å². The number of aryl methyl sites for hydroxylation is 2. The van der Waals surface area contributed by atoms with Gasteiger partial charge in [-0.25, -0.2) is 0 Å². The topological polar surface area (TPSA) is 34.0 Å². The van der Waals surface area contributed by atoms with Gasteiger partial charge in [-0.15, -0.1) is 0 Å². The molecule has 0 spiro atoms. The van der Waals surface area contributed by atoms with Crippen LogP contribution in [-0.2, 0) is 4.79 Å². The summed E-state index contributed by atoms with van der Waals surface area (Å²) in [6.45, 7) is 12.0. The maximum atomic E-state index is 12.0. The van der Waals surface area contributed by atoms with Crippen molar-refractivity contribution in [2.45, 2.75) is 53.1 Å². The van der Waals surface area contributed by atoms with Crippen LogP contribution in [0, 0.1) is 13.8 Å². The van der Waals surface area contributed by atoms with Crippen LogP contribution in [0.2, 0.25) is 0 Å². The van der Waals surface area contributed by atoms with Gasteiger partial charge in [0, 0.05) is 16.9 Å². The fourth-order valence-corrected chi connectivity index (χ4v) is 1.88. The van der Waals surface area contributed by atoms with Gasteiger partial charge in [0.05, 0.1) is 0 Å². The molecule has 1 rings (SSSR count). The van der Waals surface area contributed by atoms with Crippen LogP contribution in [0.5, 0.6) is 0 Å². The highest BCUT2D eigenvalue weighted by atomic mass is 16.2. The van der Waals surface area contributed by atoms with Crippen LogP contribution in [0.25, 0.3) is 0 Å². The summed E-state index contributed by atoms with van der Waals surface area (Å²) in [6.07, 6.45) is 0. The normalized spacial score (nSPS) is 13.6. The van der Waals surface area contributed by atoms with Crippen molar-refractivity contribution in [3.05, 3.63) is 23.5 Å². The molecule has 1 aromatic rings. The molecule has 0 bridgehead atoms. The molecule has 0 aromatic carbocycles. The summed E-state index contributed by atoms with van der Waals surface area (Å²) in [7, 11) is 0. The first-order valence-corrected chi connectivity index (χ1v) is 5.69. The molecule has 0 saturated carbocycles. The van der Waals surface area contributed by atoms with Crippen molar-refractivity contribution in [2.75, 3.05) is 0 Å². The fourth-order valence-electron chi connectivity index (χ4n) is 1.88. The number of rotatable bonds is 2. The number of nitrogens with one attached hydrogen (secondary N) is 1. The molecule has 0 saturated heterocycles. The molecular weight excluding hydrogens is 200 g/mol. The Balaban J connectivity index is 2.87. The zero-order valence-electron chi connectivity index (χ0n) is 11.1. The van der Waals surface area contributed by atoms with E-state index in [1.165, 1.54) is 0 Å². The van der Waals surface area contributed by atoms with E-state index < -0.39 is 0 Å². The third-order valence-electron chi connectivity index (χ3n) is 2.59. The summed E-state index contributed by atoms with van der Waals surface area (Å²) in [6, 6.07) is 3.92. The zero-order valence-corrected chi connectivity index (χ0v) is 11.1. The second-order valence-corrected chi connectivity index (χ2v) is 5.40. The molecule has 90 valence electrons. The van der Waals surface area contributed by atoms with Gasteiger partial charge in [-0.2, -0.15) is 0 Å². The first kappa shape index (κ1) is 12.8. The Morgan fingerprint density at radius 1 is 1.25 bits per heavy atom. The molecule has 1 N–H and O–H groups in total.